The fourth-order valence-electron chi connectivity index (χ4n) is 6.95. The van der Waals surface area contributed by atoms with Gasteiger partial charge in [-0.1, -0.05) is 37.7 Å². The van der Waals surface area contributed by atoms with Crippen LogP contribution in [-0.2, 0) is 17.1 Å². The highest BCUT2D eigenvalue weighted by molar-refractivity contribution is 6.83. The predicted octanol–water partition coefficient (Wildman–Crippen LogP) is 11.7. The Labute approximate surface area is 319 Å². The fourth-order valence-corrected chi connectivity index (χ4v) is 7.47. The van der Waals surface area contributed by atoms with E-state index >= 15 is 26.3 Å². The second-order valence-corrected chi connectivity index (χ2v) is 19.3. The first-order valence-electron chi connectivity index (χ1n) is 17.5. The lowest BCUT2D eigenvalue weighted by Gasteiger charge is -2.13. The molecule has 56 heavy (non-hydrogen) atoms. The van der Waals surface area contributed by atoms with E-state index in [0.717, 1.165) is 5.56 Å². The van der Waals surface area contributed by atoms with Crippen LogP contribution in [0.1, 0.15) is 61.0 Å². The lowest BCUT2D eigenvalue weighted by molar-refractivity contribution is -0.137. The van der Waals surface area contributed by atoms with E-state index in [0.29, 0.717) is 27.8 Å². The minimum Gasteiger partial charge on any atom is -0.465 e. The summed E-state index contributed by atoms with van der Waals surface area (Å²) >= 11 is 0. The third-order valence-corrected chi connectivity index (χ3v) is 10.2. The van der Waals surface area contributed by atoms with E-state index in [-0.39, 0.29) is 50.3 Å². The van der Waals surface area contributed by atoms with Crippen LogP contribution in [0.4, 0.5) is 26.3 Å². The summed E-state index contributed by atoms with van der Waals surface area (Å²) in [6.07, 6.45) is -4.45. The Hall–Kier alpha value is -6.13. The molecule has 0 unspecified atom stereocenters. The summed E-state index contributed by atoms with van der Waals surface area (Å²) < 4.78 is 95.4. The third-order valence-electron chi connectivity index (χ3n) is 9.28. The van der Waals surface area contributed by atoms with E-state index in [1.807, 2.05) is 26.0 Å². The summed E-state index contributed by atoms with van der Waals surface area (Å²) in [5.41, 5.74) is 4.27. The number of nitrogens with one attached hydrogen (secondary N) is 2. The minimum atomic E-state index is -4.88. The molecule has 2 aliphatic heterocycles. The molecule has 0 radical (unpaired) electrons. The Morgan fingerprint density at radius 1 is 0.643 bits per heavy atom. The topological polar surface area (TPSA) is 83.7 Å². The number of H-pyrrole nitrogens is 2. The molecular formula is C43H34F6N4O2Si. The van der Waals surface area contributed by atoms with Crippen molar-refractivity contribution in [1.29, 1.82) is 0 Å². The highest BCUT2D eigenvalue weighted by atomic mass is 28.3. The zero-order valence-corrected chi connectivity index (χ0v) is 32.1. The van der Waals surface area contributed by atoms with Crippen molar-refractivity contribution in [3.05, 3.63) is 117 Å². The molecule has 0 amide bonds. The minimum absolute atomic E-state index is 0.0536. The van der Waals surface area contributed by atoms with E-state index in [1.54, 1.807) is 0 Å². The number of hydrogen-bond donors (Lipinski definition) is 2. The lowest BCUT2D eigenvalue weighted by atomic mass is 9.92. The molecule has 5 aromatic rings. The van der Waals surface area contributed by atoms with Gasteiger partial charge < -0.3 is 14.7 Å². The number of halogens is 6. The number of esters is 1. The smallest absolute Gasteiger partial charge is 0.420 e. The summed E-state index contributed by atoms with van der Waals surface area (Å²) in [7, 11) is -0.515. The maximum atomic E-state index is 15.1. The number of carbonyl (C=O) groups excluding carboxylic acids is 1. The molecule has 0 fully saturated rings. The second-order valence-electron chi connectivity index (χ2n) is 14.6. The first kappa shape index (κ1) is 38.2. The van der Waals surface area contributed by atoms with Gasteiger partial charge in [-0.25, -0.2) is 14.8 Å². The van der Waals surface area contributed by atoms with Gasteiger partial charge in [-0.3, -0.25) is 0 Å². The van der Waals surface area contributed by atoms with Crippen molar-refractivity contribution in [3.63, 3.8) is 0 Å². The normalized spacial score (nSPS) is 12.8. The van der Waals surface area contributed by atoms with Crippen molar-refractivity contribution in [2.45, 2.75) is 45.8 Å². The number of aromatic nitrogens is 4. The number of ether oxygens (including phenoxy) is 1. The van der Waals surface area contributed by atoms with Gasteiger partial charge in [0.2, 0.25) is 0 Å². The largest absolute Gasteiger partial charge is 0.465 e. The Morgan fingerprint density at radius 3 is 1.55 bits per heavy atom. The Kier molecular flexibility index (Phi) is 9.45. The molecule has 284 valence electrons. The van der Waals surface area contributed by atoms with Crippen LogP contribution in [0.15, 0.2) is 60.7 Å². The van der Waals surface area contributed by atoms with Gasteiger partial charge in [-0.2, -0.15) is 26.3 Å². The first-order valence-corrected chi connectivity index (χ1v) is 21.0. The highest BCUT2D eigenvalue weighted by Gasteiger charge is 2.38. The number of aryl methyl sites for hydroxylation is 2. The van der Waals surface area contributed by atoms with E-state index in [2.05, 4.69) is 51.0 Å². The molecule has 0 atom stereocenters. The maximum Gasteiger partial charge on any atom is 0.420 e. The maximum absolute atomic E-state index is 15.1. The first-order chi connectivity index (χ1) is 26.3. The third kappa shape index (κ3) is 7.32. The van der Waals surface area contributed by atoms with Gasteiger partial charge >= 0.3 is 18.3 Å². The van der Waals surface area contributed by atoms with E-state index < -0.39 is 43.2 Å². The lowest BCUT2D eigenvalue weighted by Crippen LogP contribution is -2.16. The van der Waals surface area contributed by atoms with Gasteiger partial charge in [0.05, 0.1) is 46.5 Å². The molecule has 0 saturated heterocycles. The van der Waals surface area contributed by atoms with Crippen LogP contribution in [0.3, 0.4) is 0 Å². The Bertz CT molecular complexity index is 2700. The molecule has 8 bridgehead atoms. The number of fused-ring (bicyclic) bond motifs is 8. The summed E-state index contributed by atoms with van der Waals surface area (Å²) in [6, 6.07) is 15.1. The highest BCUT2D eigenvalue weighted by Crippen LogP contribution is 2.42. The molecular weight excluding hydrogens is 747 g/mol. The molecule has 2 N–H and O–H groups in total. The van der Waals surface area contributed by atoms with Crippen molar-refractivity contribution in [2.24, 2.45) is 0 Å². The molecule has 5 heterocycles. The van der Waals surface area contributed by atoms with Crippen molar-refractivity contribution in [1.82, 2.24) is 19.9 Å². The second kappa shape index (κ2) is 13.9. The standard InChI is InChI=1S/C43H34F6N4O2Si/c1-23-21-25(19-20-56(4,5)6)22-24(2)36(23)38-30-13-17-34(52-30)39(42(44,45)46)32-15-11-28(50-32)37(26-7-9-27(10-8-26)41(54)55-3)29-12-16-33(51-29)40(43(47,48)49)35-18-14-31(38)53-35/h7-18,21-22,50,53H,1-6H3. The zero-order valence-electron chi connectivity index (χ0n) is 31.1. The average molecular weight is 781 g/mol. The molecule has 13 heteroatoms. The molecule has 0 aliphatic carbocycles. The molecule has 7 rings (SSSR count). The van der Waals surface area contributed by atoms with Gasteiger partial charge in [-0.05, 0) is 109 Å². The van der Waals surface area contributed by atoms with E-state index in [4.69, 9.17) is 4.74 Å². The Morgan fingerprint density at radius 2 is 1.09 bits per heavy atom. The summed E-state index contributed by atoms with van der Waals surface area (Å²) in [6.45, 7) is 10.0. The number of methoxy groups -OCH3 is 1. The number of benzene rings is 2. The SMILES string of the molecule is COC(=O)c1ccc(-c2c3nc(c(C(F)(F)F)c4ccc([nH]4)c(-c4c(C)cc(C#C[Si](C)(C)C)cc4C)c4nc(c(C(F)(F)F)c5ccc2[nH]5)C=C4)C=C3)cc1. The van der Waals surface area contributed by atoms with Crippen molar-refractivity contribution in [3.8, 4) is 33.7 Å². The quantitative estimate of drug-likeness (QED) is 0.0809. The van der Waals surface area contributed by atoms with Gasteiger partial charge in [0, 0.05) is 27.7 Å². The number of aromatic amines is 2. The Balaban J connectivity index is 1.63. The van der Waals surface area contributed by atoms with Gasteiger partial charge in [-0.15, -0.1) is 5.54 Å². The summed E-state index contributed by atoms with van der Waals surface area (Å²) in [5.74, 6) is 2.62. The van der Waals surface area contributed by atoms with Gasteiger partial charge in [0.15, 0.2) is 0 Å². The fraction of sp³-hybridized carbons (Fsp3) is 0.186. The molecule has 0 spiro atoms. The van der Waals surface area contributed by atoms with Crippen LogP contribution in [0.5, 0.6) is 0 Å². The molecule has 6 nitrogen and oxygen atoms in total. The summed E-state index contributed by atoms with van der Waals surface area (Å²) in [4.78, 5) is 26.9. The number of rotatable bonds is 3. The van der Waals surface area contributed by atoms with Crippen LogP contribution in [0.2, 0.25) is 19.6 Å². The molecule has 3 aromatic heterocycles. The van der Waals surface area contributed by atoms with Crippen LogP contribution in [0, 0.1) is 25.3 Å². The van der Waals surface area contributed by atoms with Crippen LogP contribution >= 0.6 is 0 Å². The van der Waals surface area contributed by atoms with Crippen LogP contribution in [-0.4, -0.2) is 41.1 Å². The molecule has 0 saturated carbocycles. The average Bonchev–Trinajstić information content (AvgIpc) is 3.94. The van der Waals surface area contributed by atoms with Gasteiger partial charge in [0.1, 0.15) is 19.2 Å². The zero-order chi connectivity index (χ0) is 40.3. The monoisotopic (exact) mass is 780 g/mol. The van der Waals surface area contributed by atoms with Crippen LogP contribution in [0.25, 0.3) is 68.6 Å². The van der Waals surface area contributed by atoms with Crippen molar-refractivity contribution >= 4 is 60.4 Å². The number of alkyl halides is 6. The number of hydrogen-bond acceptors (Lipinski definition) is 4. The number of nitrogens with zero attached hydrogens (tertiary/aromatic N) is 2. The molecule has 2 aromatic carbocycles. The predicted molar refractivity (Wildman–Crippen MR) is 211 cm³/mol. The van der Waals surface area contributed by atoms with E-state index in [9.17, 15) is 4.79 Å². The molecule has 2 aliphatic rings. The summed E-state index contributed by atoms with van der Waals surface area (Å²) in [5, 5.41) is 0. The van der Waals surface area contributed by atoms with Crippen molar-refractivity contribution in [2.75, 3.05) is 7.11 Å². The number of carbonyl (C=O) groups is 1. The van der Waals surface area contributed by atoms with Crippen molar-refractivity contribution < 1.29 is 35.9 Å². The van der Waals surface area contributed by atoms with Crippen LogP contribution < -0.4 is 0 Å². The van der Waals surface area contributed by atoms with Gasteiger partial charge in [0.25, 0.3) is 0 Å². The van der Waals surface area contributed by atoms with E-state index in [1.165, 1.54) is 79.9 Å².